The molecular formula is C24H24FN5O3. The molecule has 0 bridgehead atoms. The number of carbonyl (C=O) groups excluding carboxylic acids is 1. The van der Waals surface area contributed by atoms with Crippen LogP contribution in [-0.4, -0.2) is 43.8 Å². The molecule has 0 radical (unpaired) electrons. The van der Waals surface area contributed by atoms with E-state index in [1.807, 2.05) is 19.2 Å². The van der Waals surface area contributed by atoms with E-state index in [9.17, 15) is 9.18 Å². The summed E-state index contributed by atoms with van der Waals surface area (Å²) in [5, 5.41) is 8.28. The molecule has 5 rings (SSSR count). The second-order valence-electron chi connectivity index (χ2n) is 8.22. The second-order valence-corrected chi connectivity index (χ2v) is 8.22. The van der Waals surface area contributed by atoms with E-state index in [-0.39, 0.29) is 23.4 Å². The van der Waals surface area contributed by atoms with Gasteiger partial charge in [-0.2, -0.15) is 5.10 Å². The number of carbonyl (C=O) groups is 1. The lowest BCUT2D eigenvalue weighted by atomic mass is 9.98. The van der Waals surface area contributed by atoms with E-state index in [1.54, 1.807) is 34.1 Å². The summed E-state index contributed by atoms with van der Waals surface area (Å²) in [6, 6.07) is 8.09. The highest BCUT2D eigenvalue weighted by atomic mass is 19.1. The van der Waals surface area contributed by atoms with Gasteiger partial charge in [-0.3, -0.25) is 9.48 Å². The van der Waals surface area contributed by atoms with Crippen LogP contribution in [0.5, 0.6) is 0 Å². The maximum atomic E-state index is 13.4. The first kappa shape index (κ1) is 21.1. The minimum atomic E-state index is -0.275. The number of likely N-dealkylation sites (tertiary alicyclic amines) is 1. The second kappa shape index (κ2) is 9.01. The minimum absolute atomic E-state index is 0.00543. The molecule has 170 valence electrons. The summed E-state index contributed by atoms with van der Waals surface area (Å²) in [7, 11) is 0. The van der Waals surface area contributed by atoms with Crippen molar-refractivity contribution in [1.82, 2.24) is 24.8 Å². The van der Waals surface area contributed by atoms with Gasteiger partial charge in [-0.1, -0.05) is 17.3 Å². The molecule has 1 fully saturated rings. The number of nitrogens with zero attached hydrogens (tertiary/aromatic N) is 5. The van der Waals surface area contributed by atoms with Crippen LogP contribution < -0.4 is 0 Å². The van der Waals surface area contributed by atoms with Crippen molar-refractivity contribution in [3.63, 3.8) is 0 Å². The highest BCUT2D eigenvalue weighted by Gasteiger charge is 2.30. The first-order chi connectivity index (χ1) is 16.1. The van der Waals surface area contributed by atoms with Gasteiger partial charge in [0.15, 0.2) is 5.89 Å². The summed E-state index contributed by atoms with van der Waals surface area (Å²) >= 11 is 0. The van der Waals surface area contributed by atoms with Crippen molar-refractivity contribution < 1.29 is 18.1 Å². The lowest BCUT2D eigenvalue weighted by Crippen LogP contribution is -2.39. The Bertz CT molecular complexity index is 1260. The van der Waals surface area contributed by atoms with Gasteiger partial charge in [-0.15, -0.1) is 0 Å². The molecule has 4 aromatic rings. The number of benzene rings is 1. The van der Waals surface area contributed by atoms with E-state index in [2.05, 4.69) is 15.2 Å². The van der Waals surface area contributed by atoms with E-state index in [0.717, 1.165) is 30.5 Å². The Kier molecular flexibility index (Phi) is 5.77. The molecule has 0 aliphatic carbocycles. The third-order valence-corrected chi connectivity index (χ3v) is 5.87. The smallest absolute Gasteiger partial charge is 0.292 e. The lowest BCUT2D eigenvalue weighted by Gasteiger charge is -2.30. The first-order valence-electron chi connectivity index (χ1n) is 11.1. The number of piperidine rings is 1. The Hall–Kier alpha value is -3.75. The molecule has 1 saturated heterocycles. The van der Waals surface area contributed by atoms with Crippen molar-refractivity contribution in [2.45, 2.75) is 38.6 Å². The van der Waals surface area contributed by atoms with Crippen LogP contribution in [-0.2, 0) is 13.0 Å². The normalized spacial score (nSPS) is 16.3. The van der Waals surface area contributed by atoms with Crippen molar-refractivity contribution >= 4 is 5.91 Å². The molecule has 0 N–H and O–H groups in total. The first-order valence-corrected chi connectivity index (χ1v) is 11.1. The molecule has 1 unspecified atom stereocenters. The fourth-order valence-electron chi connectivity index (χ4n) is 4.14. The number of rotatable bonds is 6. The van der Waals surface area contributed by atoms with Gasteiger partial charge in [0, 0.05) is 43.9 Å². The Labute approximate surface area is 190 Å². The molecule has 9 heteroatoms. The van der Waals surface area contributed by atoms with Crippen molar-refractivity contribution in [3.05, 3.63) is 77.7 Å². The van der Waals surface area contributed by atoms with Gasteiger partial charge < -0.3 is 13.8 Å². The molecule has 33 heavy (non-hydrogen) atoms. The Balaban J connectivity index is 1.25. The Morgan fingerprint density at radius 2 is 2.18 bits per heavy atom. The number of aryl methyl sites for hydroxylation is 1. The predicted molar refractivity (Wildman–Crippen MR) is 117 cm³/mol. The molecular weight excluding hydrogens is 425 g/mol. The number of halogens is 1. The van der Waals surface area contributed by atoms with Crippen LogP contribution in [0.3, 0.4) is 0 Å². The topological polar surface area (TPSA) is 90.2 Å². The van der Waals surface area contributed by atoms with Crippen LogP contribution in [0.15, 0.2) is 57.9 Å². The molecule has 1 atom stereocenters. The molecule has 0 saturated carbocycles. The average Bonchev–Trinajstić information content (AvgIpc) is 3.59. The zero-order valence-corrected chi connectivity index (χ0v) is 18.3. The molecule has 8 nitrogen and oxygen atoms in total. The summed E-state index contributed by atoms with van der Waals surface area (Å²) in [4.78, 5) is 19.2. The summed E-state index contributed by atoms with van der Waals surface area (Å²) in [5.41, 5.74) is 2.21. The lowest BCUT2D eigenvalue weighted by molar-refractivity contribution is 0.0656. The summed E-state index contributed by atoms with van der Waals surface area (Å²) < 4.78 is 26.5. The van der Waals surface area contributed by atoms with Gasteiger partial charge in [0.1, 0.15) is 17.3 Å². The molecule has 1 aliphatic rings. The van der Waals surface area contributed by atoms with Crippen LogP contribution in [0.2, 0.25) is 0 Å². The third kappa shape index (κ3) is 4.57. The maximum Gasteiger partial charge on any atom is 0.292 e. The number of oxazole rings is 1. The summed E-state index contributed by atoms with van der Waals surface area (Å²) in [6.07, 6.45) is 7.43. The SMILES string of the molecule is CCn1cc(-c2cc(C(=O)N3CCCC(c4ncc(Cc5cccc(F)c5)o4)C3)on2)cn1. The van der Waals surface area contributed by atoms with Gasteiger partial charge in [-0.05, 0) is 37.5 Å². The maximum absolute atomic E-state index is 13.4. The molecule has 1 aromatic carbocycles. The van der Waals surface area contributed by atoms with Crippen molar-refractivity contribution in [3.8, 4) is 11.3 Å². The van der Waals surface area contributed by atoms with E-state index in [0.29, 0.717) is 36.9 Å². The Morgan fingerprint density at radius 3 is 3.00 bits per heavy atom. The van der Waals surface area contributed by atoms with Gasteiger partial charge in [0.05, 0.1) is 18.3 Å². The number of amides is 1. The monoisotopic (exact) mass is 449 g/mol. The van der Waals surface area contributed by atoms with Gasteiger partial charge in [0.2, 0.25) is 5.76 Å². The van der Waals surface area contributed by atoms with E-state index >= 15 is 0 Å². The molecule has 1 aliphatic heterocycles. The number of aromatic nitrogens is 4. The summed E-state index contributed by atoms with van der Waals surface area (Å²) in [5.74, 6) is 0.996. The van der Waals surface area contributed by atoms with Crippen LogP contribution in [0.1, 0.15) is 53.5 Å². The van der Waals surface area contributed by atoms with Crippen LogP contribution in [0.4, 0.5) is 4.39 Å². The quantitative estimate of drug-likeness (QED) is 0.436. The van der Waals surface area contributed by atoms with Crippen LogP contribution in [0, 0.1) is 5.82 Å². The number of hydrogen-bond donors (Lipinski definition) is 0. The predicted octanol–water partition coefficient (Wildman–Crippen LogP) is 4.30. The van der Waals surface area contributed by atoms with E-state index < -0.39 is 0 Å². The van der Waals surface area contributed by atoms with Crippen molar-refractivity contribution in [1.29, 1.82) is 0 Å². The average molecular weight is 449 g/mol. The molecule has 1 amide bonds. The minimum Gasteiger partial charge on any atom is -0.445 e. The van der Waals surface area contributed by atoms with Crippen molar-refractivity contribution in [2.24, 2.45) is 0 Å². The van der Waals surface area contributed by atoms with Crippen LogP contribution >= 0.6 is 0 Å². The highest BCUT2D eigenvalue weighted by molar-refractivity contribution is 5.92. The third-order valence-electron chi connectivity index (χ3n) is 5.87. The van der Waals surface area contributed by atoms with E-state index in [4.69, 9.17) is 8.94 Å². The fraction of sp³-hybridized carbons (Fsp3) is 0.333. The van der Waals surface area contributed by atoms with Gasteiger partial charge in [0.25, 0.3) is 5.91 Å². The number of hydrogen-bond acceptors (Lipinski definition) is 6. The molecule has 0 spiro atoms. The van der Waals surface area contributed by atoms with Gasteiger partial charge in [-0.25, -0.2) is 9.37 Å². The molecule has 3 aromatic heterocycles. The standard InChI is InChI=1S/C24H24FN5O3/c1-2-30-15-18(12-27-30)21-11-22(33-28-21)24(31)29-8-4-6-17(14-29)23-26-13-20(32-23)10-16-5-3-7-19(25)9-16/h3,5,7,9,11-13,15,17H,2,4,6,8,10,14H2,1H3. The van der Waals surface area contributed by atoms with Crippen LogP contribution in [0.25, 0.3) is 11.3 Å². The largest absolute Gasteiger partial charge is 0.445 e. The highest BCUT2D eigenvalue weighted by Crippen LogP contribution is 2.29. The van der Waals surface area contributed by atoms with Gasteiger partial charge >= 0.3 is 0 Å². The van der Waals surface area contributed by atoms with Crippen molar-refractivity contribution in [2.75, 3.05) is 13.1 Å². The van der Waals surface area contributed by atoms with E-state index in [1.165, 1.54) is 12.1 Å². The zero-order chi connectivity index (χ0) is 22.8. The Morgan fingerprint density at radius 1 is 1.27 bits per heavy atom. The molecule has 4 heterocycles. The fourth-order valence-corrected chi connectivity index (χ4v) is 4.14. The summed E-state index contributed by atoms with van der Waals surface area (Å²) in [6.45, 7) is 3.88. The zero-order valence-electron chi connectivity index (χ0n) is 18.3.